The van der Waals surface area contributed by atoms with E-state index < -0.39 is 7.82 Å². The van der Waals surface area contributed by atoms with Gasteiger partial charge in [-0.05, 0) is 97.7 Å². The van der Waals surface area contributed by atoms with Crippen LogP contribution < -0.4 is 4.89 Å². The molecule has 5 nitrogen and oxygen atoms in total. The molecule has 4 aliphatic rings. The smallest absolute Gasteiger partial charge is 0.268 e. The maximum absolute atomic E-state index is 12.6. The zero-order chi connectivity index (χ0) is 27.9. The molecule has 5 unspecified atom stereocenters. The highest BCUT2D eigenvalue weighted by Crippen LogP contribution is 2.67. The van der Waals surface area contributed by atoms with Gasteiger partial charge in [0.2, 0.25) is 0 Å². The molecule has 0 aromatic carbocycles. The predicted octanol–water partition coefficient (Wildman–Crippen LogP) is 7.60. The molecule has 4 aliphatic carbocycles. The van der Waals surface area contributed by atoms with E-state index in [1.165, 1.54) is 56.9 Å². The van der Waals surface area contributed by atoms with Crippen molar-refractivity contribution in [1.82, 2.24) is 0 Å². The third-order valence-electron chi connectivity index (χ3n) is 11.5. The van der Waals surface area contributed by atoms with Gasteiger partial charge in [-0.2, -0.15) is 0 Å². The minimum Gasteiger partial charge on any atom is -0.756 e. The molecule has 3 fully saturated rings. The Balaban J connectivity index is 1.38. The largest absolute Gasteiger partial charge is 0.756 e. The van der Waals surface area contributed by atoms with Crippen molar-refractivity contribution in [1.29, 1.82) is 0 Å². The summed E-state index contributed by atoms with van der Waals surface area (Å²) in [5, 5.41) is 0. The molecule has 0 bridgehead atoms. The number of rotatable bonds is 11. The fourth-order valence-electron chi connectivity index (χ4n) is 9.38. The predicted molar refractivity (Wildman–Crippen MR) is 154 cm³/mol. The van der Waals surface area contributed by atoms with E-state index in [9.17, 15) is 9.46 Å². The molecule has 0 aromatic rings. The second kappa shape index (κ2) is 11.6. The van der Waals surface area contributed by atoms with Gasteiger partial charge in [0.15, 0.2) is 0 Å². The van der Waals surface area contributed by atoms with E-state index in [2.05, 4.69) is 40.7 Å². The number of nitrogens with zero attached hydrogens (tertiary/aromatic N) is 1. The molecule has 3 saturated carbocycles. The summed E-state index contributed by atoms with van der Waals surface area (Å²) >= 11 is 0. The van der Waals surface area contributed by atoms with Crippen molar-refractivity contribution in [2.45, 2.75) is 111 Å². The van der Waals surface area contributed by atoms with E-state index in [4.69, 9.17) is 9.05 Å². The second-order valence-corrected chi connectivity index (χ2v) is 16.9. The first kappa shape index (κ1) is 30.8. The maximum atomic E-state index is 12.6. The molecule has 9 atom stereocenters. The Morgan fingerprint density at radius 1 is 1.05 bits per heavy atom. The molecule has 0 amide bonds. The van der Waals surface area contributed by atoms with Gasteiger partial charge < -0.3 is 18.4 Å². The Morgan fingerprint density at radius 2 is 1.79 bits per heavy atom. The van der Waals surface area contributed by atoms with Crippen molar-refractivity contribution >= 4 is 7.82 Å². The van der Waals surface area contributed by atoms with E-state index in [-0.39, 0.29) is 18.1 Å². The summed E-state index contributed by atoms with van der Waals surface area (Å²) in [5.41, 5.74) is 2.16. The molecule has 0 heterocycles. The van der Waals surface area contributed by atoms with Crippen LogP contribution in [0.5, 0.6) is 0 Å². The van der Waals surface area contributed by atoms with Crippen molar-refractivity contribution < 1.29 is 23.0 Å². The summed E-state index contributed by atoms with van der Waals surface area (Å²) in [7, 11) is 1.79. The Morgan fingerprint density at radius 3 is 2.47 bits per heavy atom. The molecule has 0 aliphatic heterocycles. The van der Waals surface area contributed by atoms with Gasteiger partial charge in [0.25, 0.3) is 7.82 Å². The van der Waals surface area contributed by atoms with Gasteiger partial charge in [-0.15, -0.1) is 0 Å². The Bertz CT molecular complexity index is 896. The highest BCUT2D eigenvalue weighted by Gasteiger charge is 2.59. The van der Waals surface area contributed by atoms with Crippen molar-refractivity contribution in [3.63, 3.8) is 0 Å². The minimum absolute atomic E-state index is 0.165. The van der Waals surface area contributed by atoms with Crippen molar-refractivity contribution in [3.05, 3.63) is 11.6 Å². The van der Waals surface area contributed by atoms with Gasteiger partial charge in [-0.1, -0.05) is 65.5 Å². The van der Waals surface area contributed by atoms with E-state index in [1.54, 1.807) is 0 Å². The molecule has 6 heteroatoms. The standard InChI is InChI=1S/C32H58NO4P/c1-23(2)10-9-11-24(3)28-14-15-29-27-13-12-25-22-26(37-38(34,35)36-21-20-33(6,7)8)16-18-31(25,4)30(27)17-19-32(28,29)5/h12,23-24,26-30H,9-11,13-22H2,1-8H3/t24-,26?,27?,28-,29?,30?,31+,32-/m1/s1. The van der Waals surface area contributed by atoms with Crippen molar-refractivity contribution in [2.24, 2.45) is 46.3 Å². The fourth-order valence-corrected chi connectivity index (χ4v) is 10.3. The fraction of sp³-hybridized carbons (Fsp3) is 0.938. The zero-order valence-corrected chi connectivity index (χ0v) is 26.7. The van der Waals surface area contributed by atoms with Crippen molar-refractivity contribution in [3.8, 4) is 0 Å². The first-order valence-electron chi connectivity index (χ1n) is 15.8. The van der Waals surface area contributed by atoms with E-state index in [0.717, 1.165) is 54.8 Å². The first-order chi connectivity index (χ1) is 17.6. The first-order valence-corrected chi connectivity index (χ1v) is 17.2. The van der Waals surface area contributed by atoms with Gasteiger partial charge in [0.1, 0.15) is 13.2 Å². The average molecular weight is 552 g/mol. The molecule has 0 N–H and O–H groups in total. The van der Waals surface area contributed by atoms with Gasteiger partial charge in [-0.3, -0.25) is 4.57 Å². The molecule has 38 heavy (non-hydrogen) atoms. The van der Waals surface area contributed by atoms with Crippen LogP contribution in [0.1, 0.15) is 105 Å². The molecule has 0 spiro atoms. The van der Waals surface area contributed by atoms with Gasteiger partial charge in [0.05, 0.1) is 27.2 Å². The Hall–Kier alpha value is -0.190. The molecular formula is C32H58NO4P. The third-order valence-corrected chi connectivity index (χ3v) is 12.6. The summed E-state index contributed by atoms with van der Waals surface area (Å²) in [5.74, 6) is 4.90. The van der Waals surface area contributed by atoms with Gasteiger partial charge in [-0.25, -0.2) is 0 Å². The average Bonchev–Trinajstić information content (AvgIpc) is 3.15. The zero-order valence-electron chi connectivity index (χ0n) is 25.8. The van der Waals surface area contributed by atoms with Crippen molar-refractivity contribution in [2.75, 3.05) is 34.3 Å². The molecule has 0 saturated heterocycles. The number of hydrogen-bond acceptors (Lipinski definition) is 4. The maximum Gasteiger partial charge on any atom is 0.268 e. The summed E-state index contributed by atoms with van der Waals surface area (Å²) in [6.45, 7) is 13.2. The lowest BCUT2D eigenvalue weighted by molar-refractivity contribution is -0.870. The summed E-state index contributed by atoms with van der Waals surface area (Å²) < 4.78 is 24.1. The lowest BCUT2D eigenvalue weighted by atomic mass is 9.47. The number of hydrogen-bond donors (Lipinski definition) is 0. The van der Waals surface area contributed by atoms with Crippen LogP contribution in [0.2, 0.25) is 0 Å². The van der Waals surface area contributed by atoms with Crippen LogP contribution in [-0.4, -0.2) is 44.9 Å². The van der Waals surface area contributed by atoms with Crippen LogP contribution in [0.3, 0.4) is 0 Å². The molecule has 4 rings (SSSR count). The summed E-state index contributed by atoms with van der Waals surface area (Å²) in [6.07, 6.45) is 15.6. The number of likely N-dealkylation sites (N-methyl/N-ethyl adjacent to an activating group) is 1. The number of quaternary nitrogens is 1. The Labute approximate surface area is 234 Å². The normalized spacial score (nSPS) is 39.6. The van der Waals surface area contributed by atoms with E-state index in [1.807, 2.05) is 21.1 Å². The van der Waals surface area contributed by atoms with Gasteiger partial charge in [0, 0.05) is 0 Å². The van der Waals surface area contributed by atoms with Crippen LogP contribution in [0.15, 0.2) is 11.6 Å². The van der Waals surface area contributed by atoms with Crippen LogP contribution in [-0.2, 0) is 13.6 Å². The van der Waals surface area contributed by atoms with Crippen LogP contribution in [0.4, 0.5) is 0 Å². The lowest BCUT2D eigenvalue weighted by Gasteiger charge is -2.58. The monoisotopic (exact) mass is 551 g/mol. The highest BCUT2D eigenvalue weighted by atomic mass is 31.2. The van der Waals surface area contributed by atoms with E-state index in [0.29, 0.717) is 16.4 Å². The number of fused-ring (bicyclic) bond motifs is 5. The molecule has 0 aromatic heterocycles. The molecular weight excluding hydrogens is 493 g/mol. The highest BCUT2D eigenvalue weighted by molar-refractivity contribution is 7.45. The Kier molecular flexibility index (Phi) is 9.38. The number of phosphoric ester groups is 1. The minimum atomic E-state index is -4.29. The molecule has 220 valence electrons. The van der Waals surface area contributed by atoms with E-state index >= 15 is 0 Å². The summed E-state index contributed by atoms with van der Waals surface area (Å²) in [4.78, 5) is 12.6. The SMILES string of the molecule is CC(C)CCC[C@@H](C)[C@H]1CCC2C3CC=C4CC(OP(=O)([O-])OCC[N+](C)(C)C)CC[C@]4(C)C3CC[C@@]21C. The van der Waals surface area contributed by atoms with Crippen LogP contribution >= 0.6 is 7.82 Å². The number of allylic oxidation sites excluding steroid dienone is 1. The second-order valence-electron chi connectivity index (χ2n) is 15.6. The summed E-state index contributed by atoms with van der Waals surface area (Å²) in [6, 6.07) is 0. The number of phosphoric acid groups is 1. The third kappa shape index (κ3) is 6.64. The van der Waals surface area contributed by atoms with Crippen LogP contribution in [0, 0.1) is 46.3 Å². The van der Waals surface area contributed by atoms with Gasteiger partial charge >= 0.3 is 0 Å². The quantitative estimate of drug-likeness (QED) is 0.151. The van der Waals surface area contributed by atoms with Crippen LogP contribution in [0.25, 0.3) is 0 Å². The topological polar surface area (TPSA) is 58.6 Å². The lowest BCUT2D eigenvalue weighted by Crippen LogP contribution is -2.51. The molecule has 0 radical (unpaired) electrons.